The number of carbonyl (C=O) groups excluding carboxylic acids is 14. The molecule has 3 aliphatic heterocycles. The summed E-state index contributed by atoms with van der Waals surface area (Å²) < 4.78 is 0. The maximum atomic E-state index is 14.6. The fourth-order valence-electron chi connectivity index (χ4n) is 10.4. The lowest BCUT2D eigenvalue weighted by Gasteiger charge is -2.29. The highest BCUT2D eigenvalue weighted by atomic mass is 33.1. The minimum absolute atomic E-state index is 0.0430. The second-order valence-corrected chi connectivity index (χ2v) is 25.7. The van der Waals surface area contributed by atoms with Gasteiger partial charge in [-0.25, -0.2) is 4.98 Å². The molecule has 3 saturated heterocycles. The lowest BCUT2D eigenvalue weighted by Crippen LogP contribution is -2.61. The number of aliphatic imine (C=N–C) groups is 1. The average molecular weight is 1400 g/mol. The fourth-order valence-corrected chi connectivity index (χ4v) is 12.7. The van der Waals surface area contributed by atoms with Gasteiger partial charge in [-0.05, 0) is 70.9 Å². The van der Waals surface area contributed by atoms with Crippen molar-refractivity contribution in [1.29, 1.82) is 0 Å². The molecule has 14 amide bonds. The number of para-hydroxylation sites is 1. The summed E-state index contributed by atoms with van der Waals surface area (Å²) in [4.78, 5) is 224. The number of primary amides is 1. The van der Waals surface area contributed by atoms with Crippen molar-refractivity contribution in [2.45, 2.75) is 157 Å². The number of aromatic nitrogens is 3. The number of hydrogen-bond donors (Lipinski definition) is 19. The molecule has 97 heavy (non-hydrogen) atoms. The first kappa shape index (κ1) is 76.0. The summed E-state index contributed by atoms with van der Waals surface area (Å²) in [7, 11) is 1.88. The Balaban J connectivity index is 1.40. The maximum Gasteiger partial charge on any atom is 0.303 e. The number of amides is 14. The number of rotatable bonds is 14. The van der Waals surface area contributed by atoms with Crippen LogP contribution in [0.15, 0.2) is 48.0 Å². The normalized spacial score (nSPS) is 26.6. The van der Waals surface area contributed by atoms with Gasteiger partial charge in [-0.15, -0.1) is 0 Å². The van der Waals surface area contributed by atoms with Crippen LogP contribution in [0.4, 0.5) is 0 Å². The van der Waals surface area contributed by atoms with E-state index in [2.05, 4.69) is 83.7 Å². The van der Waals surface area contributed by atoms with E-state index in [4.69, 9.17) is 17.2 Å². The Hall–Kier alpha value is -10.0. The van der Waals surface area contributed by atoms with Crippen LogP contribution in [0.2, 0.25) is 0 Å². The second-order valence-electron chi connectivity index (χ2n) is 23.1. The largest absolute Gasteiger partial charge is 0.481 e. The maximum absolute atomic E-state index is 14.6. The predicted octanol–water partition coefficient (Wildman–Crippen LogP) is -7.24. The molecule has 39 heteroatoms. The Morgan fingerprint density at radius 1 is 0.619 bits per heavy atom. The Kier molecular flexibility index (Phi) is 28.8. The van der Waals surface area contributed by atoms with Crippen LogP contribution < -0.4 is 81.0 Å². The first-order chi connectivity index (χ1) is 46.1. The van der Waals surface area contributed by atoms with Crippen LogP contribution in [-0.4, -0.2) is 235 Å². The topological polar surface area (TPSA) is 579 Å². The van der Waals surface area contributed by atoms with E-state index >= 15 is 0 Å². The lowest BCUT2D eigenvalue weighted by atomic mass is 10.0. The highest BCUT2D eigenvalue weighted by molar-refractivity contribution is 8.76. The van der Waals surface area contributed by atoms with Crippen LogP contribution in [0.25, 0.3) is 10.9 Å². The number of carbonyl (C=O) groups is 15. The molecule has 3 aromatic rings. The van der Waals surface area contributed by atoms with E-state index in [-0.39, 0.29) is 74.8 Å². The molecule has 3 aliphatic rings. The van der Waals surface area contributed by atoms with Gasteiger partial charge in [0, 0.05) is 72.8 Å². The molecule has 0 aliphatic carbocycles. The molecule has 12 atom stereocenters. The smallest absolute Gasteiger partial charge is 0.303 e. The summed E-state index contributed by atoms with van der Waals surface area (Å²) in [5.41, 5.74) is 18.0. The molecule has 0 radical (unpaired) electrons. The molecule has 2 aromatic heterocycles. The van der Waals surface area contributed by atoms with Crippen molar-refractivity contribution in [3.05, 3.63) is 54.2 Å². The van der Waals surface area contributed by atoms with Gasteiger partial charge in [0.2, 0.25) is 82.7 Å². The van der Waals surface area contributed by atoms with Crippen molar-refractivity contribution in [2.24, 2.45) is 22.2 Å². The zero-order valence-electron chi connectivity index (χ0n) is 53.2. The first-order valence-corrected chi connectivity index (χ1v) is 33.5. The minimum atomic E-state index is -1.93. The number of nitrogens with zero attached hydrogens (tertiary/aromatic N) is 3. The Labute approximate surface area is 562 Å². The third-order valence-electron chi connectivity index (χ3n) is 15.6. The number of imidazole rings is 1. The Morgan fingerprint density at radius 3 is 1.89 bits per heavy atom. The zero-order valence-corrected chi connectivity index (χ0v) is 54.8. The van der Waals surface area contributed by atoms with Crippen molar-refractivity contribution in [1.82, 2.24) is 83.7 Å². The number of nitrogens with one attached hydrogen (secondary N) is 14. The van der Waals surface area contributed by atoms with E-state index in [9.17, 15) is 82.1 Å². The third-order valence-corrected chi connectivity index (χ3v) is 18.1. The lowest BCUT2D eigenvalue weighted by molar-refractivity contribution is -0.142. The number of carboxylic acid groups (broad SMARTS) is 1. The number of nitrogens with two attached hydrogens (primary N) is 3. The van der Waals surface area contributed by atoms with Gasteiger partial charge in [-0.3, -0.25) is 76.9 Å². The molecule has 2 bridgehead atoms. The summed E-state index contributed by atoms with van der Waals surface area (Å²) >= 11 is 0. The van der Waals surface area contributed by atoms with Crippen LogP contribution in [-0.2, 0) is 84.8 Å². The second kappa shape index (κ2) is 36.7. The number of aliphatic hydroxyl groups excluding tert-OH is 1. The van der Waals surface area contributed by atoms with Crippen molar-refractivity contribution >= 4 is 127 Å². The van der Waals surface area contributed by atoms with Gasteiger partial charge in [0.15, 0.2) is 5.96 Å². The average Bonchev–Trinajstić information content (AvgIpc) is 1.74. The van der Waals surface area contributed by atoms with E-state index in [1.165, 1.54) is 38.2 Å². The molecule has 0 spiro atoms. The van der Waals surface area contributed by atoms with Gasteiger partial charge in [-0.1, -0.05) is 39.8 Å². The Morgan fingerprint density at radius 2 is 1.21 bits per heavy atom. The van der Waals surface area contributed by atoms with E-state index < -0.39 is 194 Å². The van der Waals surface area contributed by atoms with Crippen molar-refractivity contribution in [3.63, 3.8) is 0 Å². The van der Waals surface area contributed by atoms with Gasteiger partial charge < -0.3 is 106 Å². The number of carboxylic acids is 1. The van der Waals surface area contributed by atoms with Crippen LogP contribution in [0.3, 0.4) is 0 Å². The molecular weight excluding hydrogens is 1310 g/mol. The number of H-pyrrole nitrogens is 2. The quantitative estimate of drug-likeness (QED) is 0.0309. The molecule has 528 valence electrons. The molecule has 37 nitrogen and oxygen atoms in total. The SMILES string of the molecule is C[C@@H]1NC(=O)[C@H](Cc2cnc[nH]2)NC(=O)[C@H](CC(N)=O)NC(=O)[C@H](CCC(=O)O)NC(=O)[C@@H]2CCSSC[C@H](NC(=O)[C@H](C)NC(=O)[C@@H]3CCCN3C(=O)[C@H](C)NC1=O)C(=O)N[C@@H](CO)C(=O)N[C@@H](Cc1c[nH]c3ccccc13)C(=O)N[C@@H](CCCN=C(N)N)C(=O)NCC(=O)N2. The number of benzene rings is 1. The molecule has 5 heterocycles. The number of aliphatic carboxylic acids is 1. The molecular formula is C58H82N20O17S2. The highest BCUT2D eigenvalue weighted by Crippen LogP contribution is 2.25. The molecule has 0 unspecified atom stereocenters. The van der Waals surface area contributed by atoms with Gasteiger partial charge in [0.05, 0.1) is 25.9 Å². The van der Waals surface area contributed by atoms with Crippen LogP contribution in [0.1, 0.15) is 83.4 Å². The van der Waals surface area contributed by atoms with Gasteiger partial charge in [-0.2, -0.15) is 0 Å². The van der Waals surface area contributed by atoms with E-state index in [0.717, 1.165) is 21.6 Å². The molecule has 6 rings (SSSR count). The van der Waals surface area contributed by atoms with Crippen LogP contribution >= 0.6 is 21.6 Å². The number of hydrogen-bond acceptors (Lipinski definition) is 20. The molecule has 0 saturated carbocycles. The molecule has 3 fully saturated rings. The summed E-state index contributed by atoms with van der Waals surface area (Å²) in [6, 6.07) is -11.9. The third kappa shape index (κ3) is 23.1. The van der Waals surface area contributed by atoms with Crippen molar-refractivity contribution < 1.29 is 82.1 Å². The minimum Gasteiger partial charge on any atom is -0.481 e. The van der Waals surface area contributed by atoms with E-state index in [0.29, 0.717) is 22.9 Å². The van der Waals surface area contributed by atoms with Crippen molar-refractivity contribution in [2.75, 3.05) is 37.7 Å². The predicted molar refractivity (Wildman–Crippen MR) is 348 cm³/mol. The van der Waals surface area contributed by atoms with Gasteiger partial charge in [0.25, 0.3) is 0 Å². The number of aliphatic hydroxyl groups is 1. The zero-order chi connectivity index (χ0) is 71.0. The van der Waals surface area contributed by atoms with E-state index in [1.54, 1.807) is 30.5 Å². The summed E-state index contributed by atoms with van der Waals surface area (Å²) in [6.45, 7) is 1.92. The molecule has 1 aromatic carbocycles. The summed E-state index contributed by atoms with van der Waals surface area (Å²) in [5.74, 6) is -16.5. The standard InChI is InChI=1S/C58H82N20O17S2/c1-27-46(84)69-29(3)57(95)78-16-7-11-42(78)56(94)68-28(2)47(85)77-41-25-97-96-17-14-36(50(88)72-35(12-13-45(82)83)49(87)75-39(20-43(59)80)53(91)74-38(51(89)67-27)19-31-22-62-26-66-31)70-44(81)23-65-48(86)34(10-6-15-63-58(60)61)71-52(90)37(73-54(92)40(24-79)76-55(41)93)18-30-21-64-33-9-5-4-8-32(30)33/h4-5,8-9,21-22,26-29,34-42,64,79H,6-7,10-20,23-25H2,1-3H3,(H2,59,80)(H,62,66)(H,65,86)(H,67,89)(H,68,94)(H,69,84)(H,70,81)(H,71,90)(H,72,88)(H,73,92)(H,74,91)(H,75,87)(H,76,93)(H,77,85)(H,82,83)(H4,60,61,63)/t27-,28-,29-,34-,35-,36-,37-,38-,39-,40-,41-,42-/m0/s1. The highest BCUT2D eigenvalue weighted by Gasteiger charge is 2.40. The van der Waals surface area contributed by atoms with Crippen LogP contribution in [0.5, 0.6) is 0 Å². The molecule has 22 N–H and O–H groups in total. The Bertz CT molecular complexity index is 3420. The first-order valence-electron chi connectivity index (χ1n) is 31.0. The fraction of sp³-hybridized carbons (Fsp3) is 0.534. The van der Waals surface area contributed by atoms with Gasteiger partial charge >= 0.3 is 5.97 Å². The summed E-state index contributed by atoms with van der Waals surface area (Å²) in [5, 5.41) is 50.7. The van der Waals surface area contributed by atoms with Crippen molar-refractivity contribution in [3.8, 4) is 0 Å². The summed E-state index contributed by atoms with van der Waals surface area (Å²) in [6.07, 6.45) is 1.11. The number of guanidine groups is 1. The number of aromatic amines is 2. The van der Waals surface area contributed by atoms with Gasteiger partial charge in [0.1, 0.15) is 72.5 Å². The van der Waals surface area contributed by atoms with E-state index in [1.807, 2.05) is 0 Å². The monoisotopic (exact) mass is 1390 g/mol. The number of fused-ring (bicyclic) bond motifs is 8. The van der Waals surface area contributed by atoms with Crippen LogP contribution in [0, 0.1) is 0 Å².